The summed E-state index contributed by atoms with van der Waals surface area (Å²) in [5, 5.41) is 0. The molecule has 0 bridgehead atoms. The lowest BCUT2D eigenvalue weighted by molar-refractivity contribution is -0.176. The van der Waals surface area contributed by atoms with Gasteiger partial charge in [-0.1, -0.05) is 49.1 Å². The van der Waals surface area contributed by atoms with Crippen LogP contribution in [-0.4, -0.2) is 34.0 Å². The van der Waals surface area contributed by atoms with Crippen molar-refractivity contribution in [2.24, 2.45) is 0 Å². The zero-order chi connectivity index (χ0) is 24.2. The first-order chi connectivity index (χ1) is 16.4. The lowest BCUT2D eigenvalue weighted by Gasteiger charge is -2.29. The third kappa shape index (κ3) is 4.74. The highest BCUT2D eigenvalue weighted by molar-refractivity contribution is 6.08. The van der Waals surface area contributed by atoms with E-state index in [0.29, 0.717) is 17.4 Å². The second kappa shape index (κ2) is 10.4. The van der Waals surface area contributed by atoms with Gasteiger partial charge in [-0.05, 0) is 35.1 Å². The van der Waals surface area contributed by atoms with Crippen LogP contribution >= 0.6 is 0 Å². The molecule has 1 heterocycles. The molecule has 0 aliphatic carbocycles. The van der Waals surface area contributed by atoms with E-state index in [0.717, 1.165) is 0 Å². The molecule has 3 aromatic carbocycles. The summed E-state index contributed by atoms with van der Waals surface area (Å²) in [6, 6.07) is 11.9. The molecule has 1 fully saturated rings. The van der Waals surface area contributed by atoms with E-state index in [1.807, 2.05) is 7.85 Å². The molecule has 176 valence electrons. The van der Waals surface area contributed by atoms with Crippen LogP contribution in [0.2, 0.25) is 6.32 Å². The fraction of sp³-hybridized carbons (Fsp3) is 0.231. The standard InChI is InChI=1S/C26H23BF4O3/c1-2-11-32-21-10-9-19(25(30)26(21)31)16-5-3-15(4-6-16)18-7-8-20(24(29)23(18)28)17-13-33-22(12-27)34-14-17/h2-10,17,22H,1,11-14,27H2. The molecule has 0 N–H and O–H groups in total. The summed E-state index contributed by atoms with van der Waals surface area (Å²) in [5.41, 5.74) is 1.08. The van der Waals surface area contributed by atoms with E-state index in [1.165, 1.54) is 54.6 Å². The van der Waals surface area contributed by atoms with Gasteiger partial charge in [0.1, 0.15) is 14.5 Å². The third-order valence-electron chi connectivity index (χ3n) is 5.76. The van der Waals surface area contributed by atoms with Gasteiger partial charge < -0.3 is 14.2 Å². The van der Waals surface area contributed by atoms with Gasteiger partial charge in [0.2, 0.25) is 5.82 Å². The summed E-state index contributed by atoms with van der Waals surface area (Å²) in [7, 11) is 1.92. The quantitative estimate of drug-likeness (QED) is 0.254. The summed E-state index contributed by atoms with van der Waals surface area (Å²) in [4.78, 5) is 0. The van der Waals surface area contributed by atoms with Crippen LogP contribution in [0.25, 0.3) is 22.3 Å². The van der Waals surface area contributed by atoms with E-state index in [1.54, 1.807) is 0 Å². The van der Waals surface area contributed by atoms with Gasteiger partial charge in [0.15, 0.2) is 29.5 Å². The maximum absolute atomic E-state index is 14.9. The maximum Gasteiger partial charge on any atom is 0.201 e. The van der Waals surface area contributed by atoms with Crippen molar-refractivity contribution >= 4 is 7.85 Å². The summed E-state index contributed by atoms with van der Waals surface area (Å²) in [6.45, 7) is 4.02. The highest BCUT2D eigenvalue weighted by atomic mass is 19.2. The van der Waals surface area contributed by atoms with Crippen molar-refractivity contribution < 1.29 is 31.8 Å². The number of ether oxygens (including phenoxy) is 3. The van der Waals surface area contributed by atoms with Crippen LogP contribution in [-0.2, 0) is 9.47 Å². The Balaban J connectivity index is 1.57. The van der Waals surface area contributed by atoms with Crippen molar-refractivity contribution in [3.8, 4) is 28.0 Å². The van der Waals surface area contributed by atoms with E-state index >= 15 is 0 Å². The van der Waals surface area contributed by atoms with Gasteiger partial charge in [0.05, 0.1) is 13.2 Å². The van der Waals surface area contributed by atoms with Crippen molar-refractivity contribution in [3.63, 3.8) is 0 Å². The Hall–Kier alpha value is -3.10. The van der Waals surface area contributed by atoms with Crippen LogP contribution in [0.3, 0.4) is 0 Å². The Morgan fingerprint density at radius 1 is 0.824 bits per heavy atom. The van der Waals surface area contributed by atoms with E-state index < -0.39 is 29.2 Å². The molecular weight excluding hydrogens is 447 g/mol. The molecule has 8 heteroatoms. The van der Waals surface area contributed by atoms with Gasteiger partial charge in [0.25, 0.3) is 0 Å². The monoisotopic (exact) mass is 470 g/mol. The van der Waals surface area contributed by atoms with Gasteiger partial charge in [-0.3, -0.25) is 0 Å². The molecule has 1 saturated heterocycles. The minimum Gasteiger partial charge on any atom is -0.486 e. The zero-order valence-corrected chi connectivity index (χ0v) is 18.6. The van der Waals surface area contributed by atoms with Crippen molar-refractivity contribution in [3.05, 3.63) is 90.0 Å². The Morgan fingerprint density at radius 2 is 1.38 bits per heavy atom. The largest absolute Gasteiger partial charge is 0.486 e. The Bertz CT molecular complexity index is 1180. The third-order valence-corrected chi connectivity index (χ3v) is 5.76. The van der Waals surface area contributed by atoms with Crippen molar-refractivity contribution in [2.45, 2.75) is 18.5 Å². The first kappa shape index (κ1) is 24.0. The normalized spacial score (nSPS) is 18.0. The molecule has 0 atom stereocenters. The van der Waals surface area contributed by atoms with Crippen molar-refractivity contribution in [1.29, 1.82) is 0 Å². The lowest BCUT2D eigenvalue weighted by Crippen LogP contribution is -2.31. The molecule has 0 unspecified atom stereocenters. The van der Waals surface area contributed by atoms with Gasteiger partial charge in [-0.15, -0.1) is 0 Å². The van der Waals surface area contributed by atoms with Crippen LogP contribution in [0.5, 0.6) is 5.75 Å². The molecule has 0 spiro atoms. The summed E-state index contributed by atoms with van der Waals surface area (Å²) in [5.74, 6) is -4.70. The van der Waals surface area contributed by atoms with E-state index in [-0.39, 0.29) is 48.6 Å². The van der Waals surface area contributed by atoms with E-state index in [9.17, 15) is 17.6 Å². The predicted octanol–water partition coefficient (Wildman–Crippen LogP) is 5.65. The van der Waals surface area contributed by atoms with Gasteiger partial charge in [-0.2, -0.15) is 4.39 Å². The molecule has 1 aliphatic rings. The summed E-state index contributed by atoms with van der Waals surface area (Å²) < 4.78 is 74.8. The van der Waals surface area contributed by atoms with E-state index in [4.69, 9.17) is 14.2 Å². The van der Waals surface area contributed by atoms with Crippen LogP contribution in [0.1, 0.15) is 11.5 Å². The van der Waals surface area contributed by atoms with Crippen molar-refractivity contribution in [2.75, 3.05) is 19.8 Å². The minimum absolute atomic E-state index is 0.0275. The minimum atomic E-state index is -1.10. The first-order valence-corrected chi connectivity index (χ1v) is 11.0. The SMILES string of the molecule is BCC1OCC(c2ccc(-c3ccc(-c4ccc(OCC=C)c(F)c4F)cc3)c(F)c2F)CO1. The molecule has 1 aliphatic heterocycles. The molecule has 3 aromatic rings. The second-order valence-electron chi connectivity index (χ2n) is 7.95. The predicted molar refractivity (Wildman–Crippen MR) is 125 cm³/mol. The number of hydrogen-bond donors (Lipinski definition) is 0. The highest BCUT2D eigenvalue weighted by Crippen LogP contribution is 2.34. The number of hydrogen-bond acceptors (Lipinski definition) is 3. The fourth-order valence-electron chi connectivity index (χ4n) is 3.91. The smallest absolute Gasteiger partial charge is 0.201 e. The zero-order valence-electron chi connectivity index (χ0n) is 18.6. The molecule has 34 heavy (non-hydrogen) atoms. The summed E-state index contributed by atoms with van der Waals surface area (Å²) >= 11 is 0. The Morgan fingerprint density at radius 3 is 1.94 bits per heavy atom. The Labute approximate surface area is 196 Å². The van der Waals surface area contributed by atoms with Crippen LogP contribution in [0.15, 0.2) is 61.2 Å². The topological polar surface area (TPSA) is 27.7 Å². The molecule has 0 aromatic heterocycles. The van der Waals surface area contributed by atoms with Crippen LogP contribution in [0, 0.1) is 23.3 Å². The van der Waals surface area contributed by atoms with Gasteiger partial charge >= 0.3 is 0 Å². The number of benzene rings is 3. The molecule has 0 amide bonds. The average Bonchev–Trinajstić information content (AvgIpc) is 2.87. The van der Waals surface area contributed by atoms with E-state index in [2.05, 4.69) is 6.58 Å². The van der Waals surface area contributed by atoms with Gasteiger partial charge in [-0.25, -0.2) is 13.2 Å². The summed E-state index contributed by atoms with van der Waals surface area (Å²) in [6.07, 6.45) is 1.79. The molecule has 0 saturated carbocycles. The fourth-order valence-corrected chi connectivity index (χ4v) is 3.91. The second-order valence-corrected chi connectivity index (χ2v) is 7.95. The molecule has 3 nitrogen and oxygen atoms in total. The molecule has 4 rings (SSSR count). The maximum atomic E-state index is 14.9. The Kier molecular flexibility index (Phi) is 7.39. The van der Waals surface area contributed by atoms with Crippen LogP contribution in [0.4, 0.5) is 17.6 Å². The lowest BCUT2D eigenvalue weighted by atomic mass is 9.94. The molecular formula is C26H23BF4O3. The van der Waals surface area contributed by atoms with Gasteiger partial charge in [0, 0.05) is 17.0 Å². The van der Waals surface area contributed by atoms with Crippen molar-refractivity contribution in [1.82, 2.24) is 0 Å². The highest BCUT2D eigenvalue weighted by Gasteiger charge is 2.27. The first-order valence-electron chi connectivity index (χ1n) is 11.0. The number of rotatable bonds is 7. The van der Waals surface area contributed by atoms with Crippen LogP contribution < -0.4 is 4.74 Å². The average molecular weight is 470 g/mol. The molecule has 0 radical (unpaired) electrons. The number of halogens is 4.